The van der Waals surface area contributed by atoms with Crippen molar-refractivity contribution >= 4 is 22.6 Å². The molecule has 1 aromatic heterocycles. The highest BCUT2D eigenvalue weighted by molar-refractivity contribution is 5.97. The Morgan fingerprint density at radius 3 is 2.61 bits per heavy atom. The van der Waals surface area contributed by atoms with Crippen LogP contribution in [0, 0.1) is 6.92 Å². The number of aromatic nitrogens is 2. The minimum absolute atomic E-state index is 0.00909. The van der Waals surface area contributed by atoms with Crippen LogP contribution in [0.1, 0.15) is 62.4 Å². The number of benzene rings is 3. The summed E-state index contributed by atoms with van der Waals surface area (Å²) in [5.41, 5.74) is 5.33. The average molecular weight is 512 g/mol. The van der Waals surface area contributed by atoms with Crippen LogP contribution in [0.4, 0.5) is 5.69 Å². The molecule has 1 fully saturated rings. The molecule has 38 heavy (non-hydrogen) atoms. The van der Waals surface area contributed by atoms with Crippen molar-refractivity contribution in [3.8, 4) is 11.5 Å². The third-order valence-electron chi connectivity index (χ3n) is 7.20. The standard InChI is InChI=1S/C32H37N3O3/c1-5-37-29-14-9-8-13-28(29)35-21-24(20-31(35)36)32-33-26-11-6-7-12-27(26)34(32)17-10-18-38-30-19-23(4)15-16-25(30)22(2)3/h6-9,11-16,19,22,24H,5,10,17-18,20-21H2,1-4H3/t24-/m1/s1. The van der Waals surface area contributed by atoms with Gasteiger partial charge in [-0.05, 0) is 67.6 Å². The maximum atomic E-state index is 13.2. The minimum atomic E-state index is 0.00909. The zero-order valence-corrected chi connectivity index (χ0v) is 22.8. The van der Waals surface area contributed by atoms with Gasteiger partial charge >= 0.3 is 0 Å². The van der Waals surface area contributed by atoms with Crippen LogP contribution in [-0.4, -0.2) is 35.2 Å². The molecule has 5 rings (SSSR count). The lowest BCUT2D eigenvalue weighted by Gasteiger charge is -2.20. The molecule has 4 aromatic rings. The van der Waals surface area contributed by atoms with Gasteiger partial charge in [-0.1, -0.05) is 50.2 Å². The molecule has 0 bridgehead atoms. The molecule has 3 aromatic carbocycles. The maximum absolute atomic E-state index is 13.2. The van der Waals surface area contributed by atoms with E-state index in [4.69, 9.17) is 14.5 Å². The van der Waals surface area contributed by atoms with E-state index < -0.39 is 0 Å². The molecule has 2 heterocycles. The molecule has 1 saturated heterocycles. The summed E-state index contributed by atoms with van der Waals surface area (Å²) < 4.78 is 14.4. The second-order valence-corrected chi connectivity index (χ2v) is 10.3. The molecule has 6 nitrogen and oxygen atoms in total. The Hall–Kier alpha value is -3.80. The zero-order chi connectivity index (χ0) is 26.6. The number of anilines is 1. The summed E-state index contributed by atoms with van der Waals surface area (Å²) >= 11 is 0. The van der Waals surface area contributed by atoms with Crippen molar-refractivity contribution in [3.05, 3.63) is 83.7 Å². The van der Waals surface area contributed by atoms with Gasteiger partial charge in [0.2, 0.25) is 5.91 Å². The minimum Gasteiger partial charge on any atom is -0.493 e. The highest BCUT2D eigenvalue weighted by Crippen LogP contribution is 2.37. The van der Waals surface area contributed by atoms with E-state index in [1.165, 1.54) is 11.1 Å². The molecule has 0 aliphatic carbocycles. The van der Waals surface area contributed by atoms with Gasteiger partial charge in [-0.25, -0.2) is 4.98 Å². The predicted molar refractivity (Wildman–Crippen MR) is 152 cm³/mol. The summed E-state index contributed by atoms with van der Waals surface area (Å²) in [5, 5.41) is 0. The second kappa shape index (κ2) is 11.3. The van der Waals surface area contributed by atoms with Gasteiger partial charge in [-0.2, -0.15) is 0 Å². The quantitative estimate of drug-likeness (QED) is 0.218. The molecule has 1 aliphatic rings. The molecule has 0 spiro atoms. The van der Waals surface area contributed by atoms with Crippen molar-refractivity contribution in [1.82, 2.24) is 9.55 Å². The van der Waals surface area contributed by atoms with Crippen LogP contribution in [0.3, 0.4) is 0 Å². The van der Waals surface area contributed by atoms with Crippen molar-refractivity contribution in [1.29, 1.82) is 0 Å². The fourth-order valence-electron chi connectivity index (χ4n) is 5.36. The van der Waals surface area contributed by atoms with Gasteiger partial charge < -0.3 is 18.9 Å². The van der Waals surface area contributed by atoms with E-state index in [9.17, 15) is 4.79 Å². The van der Waals surface area contributed by atoms with Gasteiger partial charge in [0, 0.05) is 25.4 Å². The fraction of sp³-hybridized carbons (Fsp3) is 0.375. The van der Waals surface area contributed by atoms with Gasteiger partial charge in [0.25, 0.3) is 0 Å². The fourth-order valence-corrected chi connectivity index (χ4v) is 5.36. The first kappa shape index (κ1) is 25.8. The topological polar surface area (TPSA) is 56.6 Å². The Morgan fingerprint density at radius 2 is 1.79 bits per heavy atom. The second-order valence-electron chi connectivity index (χ2n) is 10.3. The lowest BCUT2D eigenvalue weighted by atomic mass is 10.0. The van der Waals surface area contributed by atoms with Crippen LogP contribution in [0.25, 0.3) is 11.0 Å². The van der Waals surface area contributed by atoms with E-state index in [1.54, 1.807) is 0 Å². The van der Waals surface area contributed by atoms with E-state index in [0.717, 1.165) is 47.0 Å². The lowest BCUT2D eigenvalue weighted by Crippen LogP contribution is -2.25. The predicted octanol–water partition coefficient (Wildman–Crippen LogP) is 6.86. The van der Waals surface area contributed by atoms with Crippen molar-refractivity contribution in [3.63, 3.8) is 0 Å². The van der Waals surface area contributed by atoms with Gasteiger partial charge in [-0.3, -0.25) is 4.79 Å². The number of para-hydroxylation sites is 4. The number of carbonyl (C=O) groups excluding carboxylic acids is 1. The van der Waals surface area contributed by atoms with Crippen LogP contribution in [0.5, 0.6) is 11.5 Å². The number of amides is 1. The highest BCUT2D eigenvalue weighted by Gasteiger charge is 2.36. The summed E-state index contributed by atoms with van der Waals surface area (Å²) in [6.07, 6.45) is 1.28. The molecule has 0 N–H and O–H groups in total. The Kier molecular flexibility index (Phi) is 7.68. The summed E-state index contributed by atoms with van der Waals surface area (Å²) in [7, 11) is 0. The van der Waals surface area contributed by atoms with Gasteiger partial charge in [0.15, 0.2) is 0 Å². The summed E-state index contributed by atoms with van der Waals surface area (Å²) in [5.74, 6) is 3.20. The molecule has 1 atom stereocenters. The summed E-state index contributed by atoms with van der Waals surface area (Å²) in [6, 6.07) is 22.4. The summed E-state index contributed by atoms with van der Waals surface area (Å²) in [4.78, 5) is 20.1. The first-order valence-electron chi connectivity index (χ1n) is 13.7. The summed E-state index contributed by atoms with van der Waals surface area (Å²) in [6.45, 7) is 11.0. The molecule has 6 heteroatoms. The SMILES string of the molecule is CCOc1ccccc1N1C[C@H](c2nc3ccccc3n2CCCOc2cc(C)ccc2C(C)C)CC1=O. The van der Waals surface area contributed by atoms with Gasteiger partial charge in [-0.15, -0.1) is 0 Å². The van der Waals surface area contributed by atoms with Crippen molar-refractivity contribution in [2.45, 2.75) is 58.9 Å². The number of ether oxygens (including phenoxy) is 2. The average Bonchev–Trinajstić information content (AvgIpc) is 3.47. The number of rotatable bonds is 10. The van der Waals surface area contributed by atoms with E-state index in [1.807, 2.05) is 54.3 Å². The maximum Gasteiger partial charge on any atom is 0.227 e. The molecule has 0 radical (unpaired) electrons. The number of nitrogens with zero attached hydrogens (tertiary/aromatic N) is 3. The Morgan fingerprint density at radius 1 is 1.00 bits per heavy atom. The first-order chi connectivity index (χ1) is 18.5. The number of hydrogen-bond acceptors (Lipinski definition) is 4. The third kappa shape index (κ3) is 5.26. The number of carbonyl (C=O) groups is 1. The molecule has 0 saturated carbocycles. The van der Waals surface area contributed by atoms with Crippen molar-refractivity contribution in [2.75, 3.05) is 24.7 Å². The lowest BCUT2D eigenvalue weighted by molar-refractivity contribution is -0.117. The molecule has 198 valence electrons. The van der Waals surface area contributed by atoms with Crippen LogP contribution in [-0.2, 0) is 11.3 Å². The molecular weight excluding hydrogens is 474 g/mol. The molecule has 0 unspecified atom stereocenters. The normalized spacial score (nSPS) is 15.6. The van der Waals surface area contributed by atoms with E-state index in [0.29, 0.717) is 32.1 Å². The molecular formula is C32H37N3O3. The highest BCUT2D eigenvalue weighted by atomic mass is 16.5. The van der Waals surface area contributed by atoms with E-state index >= 15 is 0 Å². The largest absolute Gasteiger partial charge is 0.493 e. The molecule has 1 amide bonds. The number of fused-ring (bicyclic) bond motifs is 1. The van der Waals surface area contributed by atoms with Crippen LogP contribution >= 0.6 is 0 Å². The third-order valence-corrected chi connectivity index (χ3v) is 7.20. The zero-order valence-electron chi connectivity index (χ0n) is 22.8. The number of aryl methyl sites for hydroxylation is 2. The van der Waals surface area contributed by atoms with Crippen LogP contribution in [0.15, 0.2) is 66.7 Å². The molecule has 1 aliphatic heterocycles. The Bertz CT molecular complexity index is 1420. The monoisotopic (exact) mass is 511 g/mol. The van der Waals surface area contributed by atoms with Gasteiger partial charge in [0.05, 0.1) is 29.9 Å². The van der Waals surface area contributed by atoms with Crippen LogP contribution < -0.4 is 14.4 Å². The van der Waals surface area contributed by atoms with Crippen molar-refractivity contribution < 1.29 is 14.3 Å². The Balaban J connectivity index is 1.35. The van der Waals surface area contributed by atoms with Crippen molar-refractivity contribution in [2.24, 2.45) is 0 Å². The number of imidazole rings is 1. The first-order valence-corrected chi connectivity index (χ1v) is 13.7. The van der Waals surface area contributed by atoms with E-state index in [2.05, 4.69) is 49.6 Å². The van der Waals surface area contributed by atoms with Gasteiger partial charge in [0.1, 0.15) is 17.3 Å². The smallest absolute Gasteiger partial charge is 0.227 e. The van der Waals surface area contributed by atoms with E-state index in [-0.39, 0.29) is 11.8 Å². The van der Waals surface area contributed by atoms with Crippen LogP contribution in [0.2, 0.25) is 0 Å². The Labute approximate surface area is 225 Å². The number of hydrogen-bond donors (Lipinski definition) is 0.